The van der Waals surface area contributed by atoms with Gasteiger partial charge in [0.2, 0.25) is 0 Å². The van der Waals surface area contributed by atoms with E-state index in [0.717, 1.165) is 0 Å². The zero-order valence-corrected chi connectivity index (χ0v) is 11.1. The van der Waals surface area contributed by atoms with E-state index < -0.39 is 0 Å². The fourth-order valence-corrected chi connectivity index (χ4v) is 1.86. The van der Waals surface area contributed by atoms with Gasteiger partial charge in [-0.25, -0.2) is 4.79 Å². The molecule has 0 fully saturated rings. The first-order valence-electron chi connectivity index (χ1n) is 5.89. The van der Waals surface area contributed by atoms with Crippen LogP contribution in [0.3, 0.4) is 0 Å². The summed E-state index contributed by atoms with van der Waals surface area (Å²) in [5.41, 5.74) is 1.12. The molecule has 100 valence electrons. The third-order valence-corrected chi connectivity index (χ3v) is 2.74. The summed E-state index contributed by atoms with van der Waals surface area (Å²) in [6.07, 6.45) is 1.57. The second-order valence-corrected chi connectivity index (χ2v) is 3.80. The molecule has 0 spiro atoms. The number of hydrogen-bond acceptors (Lipinski definition) is 5. The molecular formula is C14H15NO4. The van der Waals surface area contributed by atoms with E-state index in [-0.39, 0.29) is 5.97 Å². The van der Waals surface area contributed by atoms with Gasteiger partial charge in [-0.1, -0.05) is 0 Å². The highest BCUT2D eigenvalue weighted by Gasteiger charge is 2.14. The Kier molecular flexibility index (Phi) is 3.85. The van der Waals surface area contributed by atoms with Crippen molar-refractivity contribution in [3.05, 3.63) is 30.0 Å². The van der Waals surface area contributed by atoms with E-state index in [1.165, 1.54) is 0 Å². The number of carbonyl (C=O) groups is 1. The second kappa shape index (κ2) is 5.56. The Bertz CT molecular complexity index is 610. The third-order valence-electron chi connectivity index (χ3n) is 2.74. The van der Waals surface area contributed by atoms with Gasteiger partial charge in [-0.2, -0.15) is 0 Å². The Hall–Kier alpha value is -2.30. The number of aromatic nitrogens is 1. The normalized spacial score (nSPS) is 10.3. The van der Waals surface area contributed by atoms with Gasteiger partial charge in [0.25, 0.3) is 0 Å². The number of hydrogen-bond donors (Lipinski definition) is 0. The Morgan fingerprint density at radius 2 is 1.89 bits per heavy atom. The fraction of sp³-hybridized carbons (Fsp3) is 0.286. The highest BCUT2D eigenvalue weighted by atomic mass is 16.5. The van der Waals surface area contributed by atoms with E-state index >= 15 is 0 Å². The molecule has 0 aliphatic heterocycles. The van der Waals surface area contributed by atoms with Gasteiger partial charge in [-0.15, -0.1) is 0 Å². The first-order chi connectivity index (χ1) is 9.21. The van der Waals surface area contributed by atoms with Crippen molar-refractivity contribution in [2.24, 2.45) is 0 Å². The Labute approximate surface area is 111 Å². The van der Waals surface area contributed by atoms with Gasteiger partial charge in [-0.3, -0.25) is 4.98 Å². The predicted molar refractivity (Wildman–Crippen MR) is 70.8 cm³/mol. The topological polar surface area (TPSA) is 57.7 Å². The number of esters is 1. The number of benzene rings is 1. The molecule has 0 aliphatic carbocycles. The number of methoxy groups -OCH3 is 2. The number of nitrogens with zero attached hydrogens (tertiary/aromatic N) is 1. The van der Waals surface area contributed by atoms with Crippen molar-refractivity contribution in [2.75, 3.05) is 20.8 Å². The van der Waals surface area contributed by atoms with Crippen LogP contribution in [0.15, 0.2) is 24.4 Å². The third kappa shape index (κ3) is 2.45. The molecule has 2 aromatic rings. The standard InChI is InChI=1S/C14H15NO4/c1-4-19-14(16)9-5-6-15-11-8-13(18-3)12(17-2)7-10(9)11/h5-8H,4H2,1-3H3. The van der Waals surface area contributed by atoms with Crippen LogP contribution >= 0.6 is 0 Å². The van der Waals surface area contributed by atoms with Crippen LogP contribution in [0.5, 0.6) is 11.5 Å². The summed E-state index contributed by atoms with van der Waals surface area (Å²) in [5.74, 6) is 0.749. The van der Waals surface area contributed by atoms with Crippen LogP contribution in [0.4, 0.5) is 0 Å². The van der Waals surface area contributed by atoms with Crippen LogP contribution in [0.2, 0.25) is 0 Å². The first-order valence-corrected chi connectivity index (χ1v) is 5.89. The highest BCUT2D eigenvalue weighted by molar-refractivity contribution is 6.04. The summed E-state index contributed by atoms with van der Waals surface area (Å²) in [7, 11) is 3.10. The van der Waals surface area contributed by atoms with E-state index in [9.17, 15) is 4.79 Å². The Morgan fingerprint density at radius 3 is 2.53 bits per heavy atom. The Morgan fingerprint density at radius 1 is 1.21 bits per heavy atom. The van der Waals surface area contributed by atoms with Crippen molar-refractivity contribution >= 4 is 16.9 Å². The molecule has 5 heteroatoms. The van der Waals surface area contributed by atoms with E-state index in [4.69, 9.17) is 14.2 Å². The number of fused-ring (bicyclic) bond motifs is 1. The van der Waals surface area contributed by atoms with E-state index in [0.29, 0.717) is 34.6 Å². The minimum Gasteiger partial charge on any atom is -0.493 e. The van der Waals surface area contributed by atoms with Crippen molar-refractivity contribution in [2.45, 2.75) is 6.92 Å². The van der Waals surface area contributed by atoms with E-state index in [2.05, 4.69) is 4.98 Å². The summed E-state index contributed by atoms with van der Waals surface area (Å²) in [6.45, 7) is 2.10. The first kappa shape index (κ1) is 13.1. The molecule has 19 heavy (non-hydrogen) atoms. The molecule has 0 atom stereocenters. The molecule has 0 saturated carbocycles. The van der Waals surface area contributed by atoms with Gasteiger partial charge in [0.1, 0.15) is 0 Å². The van der Waals surface area contributed by atoms with Gasteiger partial charge < -0.3 is 14.2 Å². The minimum atomic E-state index is -0.373. The van der Waals surface area contributed by atoms with Crippen molar-refractivity contribution in [1.82, 2.24) is 4.98 Å². The maximum Gasteiger partial charge on any atom is 0.338 e. The van der Waals surface area contributed by atoms with Crippen LogP contribution < -0.4 is 9.47 Å². The van der Waals surface area contributed by atoms with E-state index in [1.807, 2.05) is 0 Å². The van der Waals surface area contributed by atoms with Gasteiger partial charge in [0.05, 0.1) is 31.9 Å². The lowest BCUT2D eigenvalue weighted by Gasteiger charge is -2.10. The lowest BCUT2D eigenvalue weighted by Crippen LogP contribution is -2.06. The van der Waals surface area contributed by atoms with Crippen molar-refractivity contribution in [3.63, 3.8) is 0 Å². The zero-order chi connectivity index (χ0) is 13.8. The number of rotatable bonds is 4. The maximum absolute atomic E-state index is 11.9. The van der Waals surface area contributed by atoms with Gasteiger partial charge in [0, 0.05) is 17.6 Å². The molecule has 0 N–H and O–H groups in total. The number of carbonyl (C=O) groups excluding carboxylic acids is 1. The summed E-state index contributed by atoms with van der Waals surface area (Å²) < 4.78 is 15.5. The largest absolute Gasteiger partial charge is 0.493 e. The predicted octanol–water partition coefficient (Wildman–Crippen LogP) is 2.43. The lowest BCUT2D eigenvalue weighted by molar-refractivity contribution is 0.0528. The Balaban J connectivity index is 2.64. The minimum absolute atomic E-state index is 0.329. The van der Waals surface area contributed by atoms with Crippen LogP contribution in [0.1, 0.15) is 17.3 Å². The van der Waals surface area contributed by atoms with Crippen molar-refractivity contribution in [3.8, 4) is 11.5 Å². The molecule has 0 amide bonds. The zero-order valence-electron chi connectivity index (χ0n) is 11.1. The average molecular weight is 261 g/mol. The van der Waals surface area contributed by atoms with Crippen LogP contribution in [-0.2, 0) is 4.74 Å². The average Bonchev–Trinajstić information content (AvgIpc) is 2.45. The summed E-state index contributed by atoms with van der Waals surface area (Å²) in [5, 5.41) is 0.679. The van der Waals surface area contributed by atoms with E-state index in [1.54, 1.807) is 45.5 Å². The van der Waals surface area contributed by atoms with Crippen LogP contribution in [0, 0.1) is 0 Å². The van der Waals surface area contributed by atoms with Gasteiger partial charge in [0.15, 0.2) is 11.5 Å². The highest BCUT2D eigenvalue weighted by Crippen LogP contribution is 2.32. The molecule has 0 aliphatic rings. The smallest absolute Gasteiger partial charge is 0.338 e. The SMILES string of the molecule is CCOC(=O)c1ccnc2cc(OC)c(OC)cc12. The summed E-state index contributed by atoms with van der Waals surface area (Å²) >= 11 is 0. The molecule has 1 heterocycles. The van der Waals surface area contributed by atoms with Gasteiger partial charge in [-0.05, 0) is 19.1 Å². The molecule has 1 aromatic heterocycles. The molecule has 0 radical (unpaired) electrons. The van der Waals surface area contributed by atoms with Crippen LogP contribution in [0.25, 0.3) is 10.9 Å². The summed E-state index contributed by atoms with van der Waals surface area (Å²) in [4.78, 5) is 16.1. The molecule has 0 unspecified atom stereocenters. The number of pyridine rings is 1. The van der Waals surface area contributed by atoms with Crippen molar-refractivity contribution in [1.29, 1.82) is 0 Å². The quantitative estimate of drug-likeness (QED) is 0.791. The van der Waals surface area contributed by atoms with Crippen LogP contribution in [-0.4, -0.2) is 31.8 Å². The monoisotopic (exact) mass is 261 g/mol. The number of ether oxygens (including phenoxy) is 3. The van der Waals surface area contributed by atoms with Crippen molar-refractivity contribution < 1.29 is 19.0 Å². The second-order valence-electron chi connectivity index (χ2n) is 3.80. The maximum atomic E-state index is 11.9. The molecule has 2 rings (SSSR count). The molecule has 5 nitrogen and oxygen atoms in total. The van der Waals surface area contributed by atoms with Gasteiger partial charge >= 0.3 is 5.97 Å². The summed E-state index contributed by atoms with van der Waals surface area (Å²) in [6, 6.07) is 5.09. The molecule has 0 saturated heterocycles. The molecule has 0 bridgehead atoms. The molecule has 1 aromatic carbocycles. The lowest BCUT2D eigenvalue weighted by atomic mass is 10.1. The molecular weight excluding hydrogens is 246 g/mol. The fourth-order valence-electron chi connectivity index (χ4n) is 1.86.